The lowest BCUT2D eigenvalue weighted by Crippen LogP contribution is -2.26. The second-order valence-electron chi connectivity index (χ2n) is 3.76. The molecule has 1 N–H and O–H groups in total. The molecule has 0 fully saturated rings. The summed E-state index contributed by atoms with van der Waals surface area (Å²) in [5.41, 5.74) is 1.53. The summed E-state index contributed by atoms with van der Waals surface area (Å²) < 4.78 is 0. The summed E-state index contributed by atoms with van der Waals surface area (Å²) in [5.74, 6) is 0.488. The predicted octanol–water partition coefficient (Wildman–Crippen LogP) is 2.78. The van der Waals surface area contributed by atoms with Crippen molar-refractivity contribution in [1.82, 2.24) is 10.3 Å². The zero-order chi connectivity index (χ0) is 13.0. The van der Waals surface area contributed by atoms with Gasteiger partial charge in [-0.25, -0.2) is 4.98 Å². The Labute approximate surface area is 116 Å². The average molecular weight is 278 g/mol. The van der Waals surface area contributed by atoms with Crippen LogP contribution in [-0.2, 0) is 0 Å². The molecule has 2 rings (SSSR count). The van der Waals surface area contributed by atoms with Gasteiger partial charge in [-0.1, -0.05) is 30.3 Å². The molecule has 0 aliphatic rings. The number of nitrogens with zero attached hydrogens (tertiary/aromatic N) is 1. The van der Waals surface area contributed by atoms with E-state index in [-0.39, 0.29) is 5.91 Å². The predicted molar refractivity (Wildman–Crippen MR) is 78.5 cm³/mol. The molecule has 0 spiro atoms. The van der Waals surface area contributed by atoms with Crippen LogP contribution >= 0.6 is 24.0 Å². The Morgan fingerprint density at radius 3 is 2.78 bits per heavy atom. The number of thiazole rings is 1. The standard InChI is InChI=1S/C13H14N2OS2/c1-9-15-11(13(16)14-7-8-17)12(18-9)10-5-3-2-4-6-10/h2-6,17H,7-8H2,1H3,(H,14,16). The van der Waals surface area contributed by atoms with E-state index in [9.17, 15) is 4.79 Å². The lowest BCUT2D eigenvalue weighted by atomic mass is 10.1. The Hall–Kier alpha value is -1.33. The van der Waals surface area contributed by atoms with Crippen LogP contribution in [-0.4, -0.2) is 23.2 Å². The van der Waals surface area contributed by atoms with Crippen LogP contribution in [0.2, 0.25) is 0 Å². The van der Waals surface area contributed by atoms with E-state index in [2.05, 4.69) is 22.9 Å². The van der Waals surface area contributed by atoms with Crippen LogP contribution in [0.15, 0.2) is 30.3 Å². The SMILES string of the molecule is Cc1nc(C(=O)NCCS)c(-c2ccccc2)s1. The van der Waals surface area contributed by atoms with Crippen molar-refractivity contribution in [3.63, 3.8) is 0 Å². The third-order valence-corrected chi connectivity index (χ3v) is 3.63. The largest absolute Gasteiger partial charge is 0.350 e. The number of aromatic nitrogens is 1. The van der Waals surface area contributed by atoms with Crippen molar-refractivity contribution in [2.45, 2.75) is 6.92 Å². The van der Waals surface area contributed by atoms with E-state index in [0.29, 0.717) is 18.0 Å². The van der Waals surface area contributed by atoms with Crippen molar-refractivity contribution in [2.24, 2.45) is 0 Å². The molecule has 1 aromatic carbocycles. The van der Waals surface area contributed by atoms with Crippen molar-refractivity contribution >= 4 is 29.9 Å². The highest BCUT2D eigenvalue weighted by Gasteiger charge is 2.17. The van der Waals surface area contributed by atoms with Crippen LogP contribution in [0.1, 0.15) is 15.5 Å². The molecule has 0 radical (unpaired) electrons. The van der Waals surface area contributed by atoms with E-state index in [1.54, 1.807) is 0 Å². The average Bonchev–Trinajstić information content (AvgIpc) is 2.79. The van der Waals surface area contributed by atoms with Crippen LogP contribution in [0.3, 0.4) is 0 Å². The number of thiol groups is 1. The van der Waals surface area contributed by atoms with Crippen molar-refractivity contribution in [3.05, 3.63) is 41.0 Å². The molecule has 0 aliphatic heterocycles. The van der Waals surface area contributed by atoms with Crippen molar-refractivity contribution in [3.8, 4) is 10.4 Å². The van der Waals surface area contributed by atoms with Crippen LogP contribution in [0.4, 0.5) is 0 Å². The summed E-state index contributed by atoms with van der Waals surface area (Å²) in [7, 11) is 0. The van der Waals surface area contributed by atoms with E-state index in [4.69, 9.17) is 0 Å². The molecule has 1 heterocycles. The lowest BCUT2D eigenvalue weighted by Gasteiger charge is -2.03. The maximum Gasteiger partial charge on any atom is 0.271 e. The van der Waals surface area contributed by atoms with Gasteiger partial charge in [0.1, 0.15) is 5.69 Å². The van der Waals surface area contributed by atoms with Gasteiger partial charge in [-0.2, -0.15) is 12.6 Å². The first kappa shape index (κ1) is 13.1. The first-order valence-corrected chi connectivity index (χ1v) is 7.09. The molecule has 94 valence electrons. The third-order valence-electron chi connectivity index (χ3n) is 2.38. The minimum atomic E-state index is -0.132. The van der Waals surface area contributed by atoms with E-state index in [1.165, 1.54) is 11.3 Å². The van der Waals surface area contributed by atoms with Crippen molar-refractivity contribution in [2.75, 3.05) is 12.3 Å². The minimum absolute atomic E-state index is 0.132. The van der Waals surface area contributed by atoms with Crippen LogP contribution < -0.4 is 5.32 Å². The number of carbonyl (C=O) groups excluding carboxylic acids is 1. The summed E-state index contributed by atoms with van der Waals surface area (Å²) in [6.07, 6.45) is 0. The number of aryl methyl sites for hydroxylation is 1. The summed E-state index contributed by atoms with van der Waals surface area (Å²) in [6.45, 7) is 2.46. The third kappa shape index (κ3) is 2.91. The number of hydrogen-bond donors (Lipinski definition) is 2. The van der Waals surface area contributed by atoms with Crippen LogP contribution in [0.5, 0.6) is 0 Å². The van der Waals surface area contributed by atoms with Gasteiger partial charge in [-0.3, -0.25) is 4.79 Å². The lowest BCUT2D eigenvalue weighted by molar-refractivity contribution is 0.0952. The smallest absolute Gasteiger partial charge is 0.271 e. The Morgan fingerprint density at radius 1 is 1.39 bits per heavy atom. The molecule has 3 nitrogen and oxygen atoms in total. The Balaban J connectivity index is 2.34. The Morgan fingerprint density at radius 2 is 2.11 bits per heavy atom. The van der Waals surface area contributed by atoms with E-state index in [0.717, 1.165) is 15.4 Å². The fourth-order valence-corrected chi connectivity index (χ4v) is 2.65. The Bertz CT molecular complexity index is 537. The highest BCUT2D eigenvalue weighted by Crippen LogP contribution is 2.29. The van der Waals surface area contributed by atoms with Crippen molar-refractivity contribution in [1.29, 1.82) is 0 Å². The molecule has 1 amide bonds. The van der Waals surface area contributed by atoms with Gasteiger partial charge >= 0.3 is 0 Å². The molecule has 18 heavy (non-hydrogen) atoms. The first-order valence-electron chi connectivity index (χ1n) is 5.64. The fourth-order valence-electron chi connectivity index (χ4n) is 1.62. The summed E-state index contributed by atoms with van der Waals surface area (Å²) in [5, 5.41) is 3.69. The number of rotatable bonds is 4. The maximum absolute atomic E-state index is 12.0. The molecule has 5 heteroatoms. The number of benzene rings is 1. The minimum Gasteiger partial charge on any atom is -0.350 e. The number of hydrogen-bond acceptors (Lipinski definition) is 4. The highest BCUT2D eigenvalue weighted by molar-refractivity contribution is 7.80. The molecule has 0 saturated heterocycles. The highest BCUT2D eigenvalue weighted by atomic mass is 32.1. The molecule has 1 aromatic heterocycles. The molecule has 0 unspecified atom stereocenters. The number of carbonyl (C=O) groups is 1. The quantitative estimate of drug-likeness (QED) is 0.845. The number of nitrogens with one attached hydrogen (secondary N) is 1. The van der Waals surface area contributed by atoms with Gasteiger partial charge in [0.15, 0.2) is 0 Å². The van der Waals surface area contributed by atoms with Gasteiger partial charge in [0, 0.05) is 12.3 Å². The molecular formula is C13H14N2OS2. The zero-order valence-corrected chi connectivity index (χ0v) is 11.7. The molecule has 0 atom stereocenters. The van der Waals surface area contributed by atoms with Gasteiger partial charge in [0.25, 0.3) is 5.91 Å². The van der Waals surface area contributed by atoms with Crippen LogP contribution in [0, 0.1) is 6.92 Å². The summed E-state index contributed by atoms with van der Waals surface area (Å²) in [4.78, 5) is 17.3. The monoisotopic (exact) mass is 278 g/mol. The maximum atomic E-state index is 12.0. The number of amides is 1. The van der Waals surface area contributed by atoms with Crippen LogP contribution in [0.25, 0.3) is 10.4 Å². The zero-order valence-electron chi connectivity index (χ0n) is 10.0. The second-order valence-corrected chi connectivity index (χ2v) is 5.41. The van der Waals surface area contributed by atoms with Gasteiger partial charge in [-0.05, 0) is 12.5 Å². The molecule has 0 saturated carbocycles. The van der Waals surface area contributed by atoms with E-state index < -0.39 is 0 Å². The normalized spacial score (nSPS) is 10.3. The Kier molecular flexibility index (Phi) is 4.38. The van der Waals surface area contributed by atoms with Gasteiger partial charge in [0.2, 0.25) is 0 Å². The topological polar surface area (TPSA) is 42.0 Å². The van der Waals surface area contributed by atoms with E-state index >= 15 is 0 Å². The first-order chi connectivity index (χ1) is 8.72. The van der Waals surface area contributed by atoms with Gasteiger partial charge in [0.05, 0.1) is 9.88 Å². The van der Waals surface area contributed by atoms with Gasteiger partial charge in [-0.15, -0.1) is 11.3 Å². The second kappa shape index (κ2) is 6.02. The summed E-state index contributed by atoms with van der Waals surface area (Å²) in [6, 6.07) is 9.85. The fraction of sp³-hybridized carbons (Fsp3) is 0.231. The van der Waals surface area contributed by atoms with E-state index in [1.807, 2.05) is 37.3 Å². The molecular weight excluding hydrogens is 264 g/mol. The van der Waals surface area contributed by atoms with Crippen molar-refractivity contribution < 1.29 is 4.79 Å². The molecule has 0 bridgehead atoms. The van der Waals surface area contributed by atoms with Gasteiger partial charge < -0.3 is 5.32 Å². The molecule has 0 aliphatic carbocycles. The molecule has 2 aromatic rings. The summed E-state index contributed by atoms with van der Waals surface area (Å²) >= 11 is 5.61.